The van der Waals surface area contributed by atoms with Gasteiger partial charge in [-0.05, 0) is 90.7 Å². The average Bonchev–Trinajstić information content (AvgIpc) is 3.46. The molecule has 0 aliphatic heterocycles. The van der Waals surface area contributed by atoms with Crippen molar-refractivity contribution in [1.29, 1.82) is 0 Å². The van der Waals surface area contributed by atoms with E-state index in [0.717, 1.165) is 65.6 Å². The van der Waals surface area contributed by atoms with E-state index in [1.54, 1.807) is 14.2 Å². The van der Waals surface area contributed by atoms with Gasteiger partial charge in [-0.1, -0.05) is 43.9 Å². The number of aromatic amines is 1. The summed E-state index contributed by atoms with van der Waals surface area (Å²) in [5.74, 6) is 2.30. The second-order valence-electron chi connectivity index (χ2n) is 11.3. The van der Waals surface area contributed by atoms with Crippen molar-refractivity contribution in [3.05, 3.63) is 74.8 Å². The molecule has 1 aliphatic carbocycles. The molecule has 0 amide bonds. The van der Waals surface area contributed by atoms with Crippen LogP contribution >= 0.6 is 0 Å². The summed E-state index contributed by atoms with van der Waals surface area (Å²) in [7, 11) is 3.30. The SMILES string of the molecule is CC[C@H](c1nnnn1C1CCCCC1)N(CCc1ccc(OC)c(OC)c1)Cc1cc2cc(C)cc(C)c2[nH]c1=O. The number of hydrogen-bond acceptors (Lipinski definition) is 7. The van der Waals surface area contributed by atoms with Gasteiger partial charge in [0.25, 0.3) is 5.56 Å². The Morgan fingerprint density at radius 2 is 1.83 bits per heavy atom. The first-order chi connectivity index (χ1) is 19.9. The van der Waals surface area contributed by atoms with Crippen LogP contribution in [0.15, 0.2) is 41.2 Å². The van der Waals surface area contributed by atoms with E-state index in [1.165, 1.54) is 24.8 Å². The highest BCUT2D eigenvalue weighted by Gasteiger charge is 2.29. The van der Waals surface area contributed by atoms with Gasteiger partial charge in [-0.3, -0.25) is 9.69 Å². The van der Waals surface area contributed by atoms with Crippen molar-refractivity contribution >= 4 is 10.9 Å². The van der Waals surface area contributed by atoms with Crippen LogP contribution in [0.4, 0.5) is 0 Å². The van der Waals surface area contributed by atoms with E-state index < -0.39 is 0 Å². The minimum Gasteiger partial charge on any atom is -0.493 e. The largest absolute Gasteiger partial charge is 0.493 e. The number of ether oxygens (including phenoxy) is 2. The van der Waals surface area contributed by atoms with Crippen molar-refractivity contribution in [1.82, 2.24) is 30.1 Å². The molecule has 0 unspecified atom stereocenters. The van der Waals surface area contributed by atoms with Crippen molar-refractivity contribution in [3.63, 3.8) is 0 Å². The van der Waals surface area contributed by atoms with Crippen LogP contribution in [0.2, 0.25) is 0 Å². The molecule has 5 rings (SSSR count). The van der Waals surface area contributed by atoms with Crippen LogP contribution in [-0.4, -0.2) is 50.9 Å². The van der Waals surface area contributed by atoms with E-state index in [9.17, 15) is 4.79 Å². The van der Waals surface area contributed by atoms with Gasteiger partial charge >= 0.3 is 0 Å². The van der Waals surface area contributed by atoms with Gasteiger partial charge in [-0.2, -0.15) is 0 Å². The van der Waals surface area contributed by atoms with Crippen LogP contribution in [0.1, 0.15) is 85.6 Å². The second kappa shape index (κ2) is 12.9. The lowest BCUT2D eigenvalue weighted by atomic mass is 9.95. The smallest absolute Gasteiger partial charge is 0.252 e. The summed E-state index contributed by atoms with van der Waals surface area (Å²) >= 11 is 0. The number of tetrazole rings is 1. The summed E-state index contributed by atoms with van der Waals surface area (Å²) < 4.78 is 13.1. The third kappa shape index (κ3) is 6.30. The lowest BCUT2D eigenvalue weighted by molar-refractivity contribution is 0.165. The van der Waals surface area contributed by atoms with Gasteiger partial charge < -0.3 is 14.5 Å². The van der Waals surface area contributed by atoms with Gasteiger partial charge in [0.1, 0.15) is 0 Å². The fourth-order valence-corrected chi connectivity index (χ4v) is 6.33. The molecule has 2 heterocycles. The summed E-state index contributed by atoms with van der Waals surface area (Å²) in [6.45, 7) is 7.51. The molecule has 9 nitrogen and oxygen atoms in total. The zero-order chi connectivity index (χ0) is 28.9. The van der Waals surface area contributed by atoms with Gasteiger partial charge in [-0.15, -0.1) is 5.10 Å². The van der Waals surface area contributed by atoms with E-state index in [2.05, 4.69) is 68.2 Å². The Hall–Kier alpha value is -3.72. The zero-order valence-electron chi connectivity index (χ0n) is 24.9. The minimum atomic E-state index is -0.0534. The average molecular weight is 559 g/mol. The highest BCUT2D eigenvalue weighted by atomic mass is 16.5. The van der Waals surface area contributed by atoms with Gasteiger partial charge in [0.2, 0.25) is 0 Å². The van der Waals surface area contributed by atoms with Crippen LogP contribution in [-0.2, 0) is 13.0 Å². The number of nitrogens with one attached hydrogen (secondary N) is 1. The number of benzene rings is 2. The number of aryl methyl sites for hydroxylation is 2. The Morgan fingerprint density at radius 3 is 2.56 bits per heavy atom. The third-order valence-corrected chi connectivity index (χ3v) is 8.44. The topological polar surface area (TPSA) is 98.2 Å². The van der Waals surface area contributed by atoms with E-state index in [1.807, 2.05) is 19.1 Å². The molecule has 1 aliphatic rings. The molecule has 218 valence electrons. The summed E-state index contributed by atoms with van der Waals surface area (Å²) in [6.07, 6.45) is 7.47. The minimum absolute atomic E-state index is 0.0404. The maximum atomic E-state index is 13.4. The summed E-state index contributed by atoms with van der Waals surface area (Å²) in [5, 5.41) is 14.2. The predicted octanol–water partition coefficient (Wildman–Crippen LogP) is 5.85. The number of pyridine rings is 1. The van der Waals surface area contributed by atoms with E-state index in [-0.39, 0.29) is 11.6 Å². The van der Waals surface area contributed by atoms with Crippen LogP contribution in [0, 0.1) is 13.8 Å². The lowest BCUT2D eigenvalue weighted by Crippen LogP contribution is -2.35. The van der Waals surface area contributed by atoms with Gasteiger partial charge in [0.15, 0.2) is 17.3 Å². The molecular weight excluding hydrogens is 516 g/mol. The third-order valence-electron chi connectivity index (χ3n) is 8.44. The molecule has 0 radical (unpaired) electrons. The number of methoxy groups -OCH3 is 2. The van der Waals surface area contributed by atoms with E-state index in [4.69, 9.17) is 9.47 Å². The van der Waals surface area contributed by atoms with Gasteiger partial charge in [0.05, 0.1) is 31.8 Å². The Morgan fingerprint density at radius 1 is 1.05 bits per heavy atom. The summed E-state index contributed by atoms with van der Waals surface area (Å²) in [5.41, 5.74) is 4.97. The first-order valence-corrected chi connectivity index (χ1v) is 14.8. The number of nitrogens with zero attached hydrogens (tertiary/aromatic N) is 5. The Balaban J connectivity index is 1.50. The lowest BCUT2D eigenvalue weighted by Gasteiger charge is -2.32. The van der Waals surface area contributed by atoms with Crippen molar-refractivity contribution in [2.75, 3.05) is 20.8 Å². The normalized spacial score (nSPS) is 15.0. The van der Waals surface area contributed by atoms with Crippen molar-refractivity contribution in [2.24, 2.45) is 0 Å². The maximum absolute atomic E-state index is 13.4. The fourth-order valence-electron chi connectivity index (χ4n) is 6.33. The number of aromatic nitrogens is 5. The zero-order valence-corrected chi connectivity index (χ0v) is 24.9. The standard InChI is InChI=1S/C32H42N6O3/c1-6-27(31-34-35-36-38(31)26-10-8-7-9-11-26)37(15-14-23-12-13-28(40-4)29(18-23)41-5)20-25-19-24-17-21(2)16-22(3)30(24)33-32(25)39/h12-13,16-19,26-27H,6-11,14-15,20H2,1-5H3,(H,33,39)/t27-/m1/s1. The van der Waals surface area contributed by atoms with Crippen LogP contribution in [0.25, 0.3) is 10.9 Å². The molecule has 1 atom stereocenters. The number of rotatable bonds is 11. The fraction of sp³-hybridized carbons (Fsp3) is 0.500. The molecule has 2 aromatic carbocycles. The highest BCUT2D eigenvalue weighted by molar-refractivity contribution is 5.82. The molecule has 41 heavy (non-hydrogen) atoms. The van der Waals surface area contributed by atoms with Crippen LogP contribution in [0.3, 0.4) is 0 Å². The van der Waals surface area contributed by atoms with Gasteiger partial charge in [-0.25, -0.2) is 4.68 Å². The van der Waals surface area contributed by atoms with Crippen LogP contribution < -0.4 is 15.0 Å². The number of fused-ring (bicyclic) bond motifs is 1. The number of H-pyrrole nitrogens is 1. The Kier molecular flexibility index (Phi) is 9.03. The molecular formula is C32H42N6O3. The molecule has 0 saturated heterocycles. The van der Waals surface area contributed by atoms with Crippen molar-refractivity contribution in [3.8, 4) is 11.5 Å². The predicted molar refractivity (Wildman–Crippen MR) is 161 cm³/mol. The Labute approximate surface area is 241 Å². The van der Waals surface area contributed by atoms with E-state index in [0.29, 0.717) is 24.1 Å². The van der Waals surface area contributed by atoms with Crippen LogP contribution in [0.5, 0.6) is 11.5 Å². The highest BCUT2D eigenvalue weighted by Crippen LogP contribution is 2.33. The van der Waals surface area contributed by atoms with Crippen molar-refractivity contribution < 1.29 is 9.47 Å². The maximum Gasteiger partial charge on any atom is 0.252 e. The van der Waals surface area contributed by atoms with Gasteiger partial charge in [0, 0.05) is 18.7 Å². The summed E-state index contributed by atoms with van der Waals surface area (Å²) in [6, 6.07) is 12.6. The molecule has 0 spiro atoms. The van der Waals surface area contributed by atoms with Crippen molar-refractivity contribution in [2.45, 2.75) is 84.3 Å². The first-order valence-electron chi connectivity index (χ1n) is 14.8. The monoisotopic (exact) mass is 558 g/mol. The molecule has 1 N–H and O–H groups in total. The summed E-state index contributed by atoms with van der Waals surface area (Å²) in [4.78, 5) is 18.9. The second-order valence-corrected chi connectivity index (χ2v) is 11.3. The number of hydrogen-bond donors (Lipinski definition) is 1. The quantitative estimate of drug-likeness (QED) is 0.247. The molecule has 0 bridgehead atoms. The molecule has 2 aromatic heterocycles. The molecule has 4 aromatic rings. The molecule has 1 saturated carbocycles. The first kappa shape index (κ1) is 28.8. The molecule has 1 fully saturated rings. The molecule has 9 heteroatoms. The Bertz CT molecular complexity index is 1540. The van der Waals surface area contributed by atoms with E-state index >= 15 is 0 Å².